The number of aliphatic hydroxyl groups is 8. The third-order valence-electron chi connectivity index (χ3n) is 13.3. The SMILES string of the molecule is CC/C=C\C/C=C\C/C=C\C/C=C\CCCCCCCCCCCCCCCCCCC(=O)NC(COC1OC(CO)C(OC2OC(CO)C(O)C(O)C2O)C(O)C1O)C(O)CCCCCCCC. The first-order valence-corrected chi connectivity index (χ1v) is 27.4. The molecule has 2 rings (SSSR count). The molecule has 12 atom stereocenters. The van der Waals surface area contributed by atoms with Crippen LogP contribution in [0.4, 0.5) is 0 Å². The molecular weight excluding hydrogens is 883 g/mol. The zero-order valence-corrected chi connectivity index (χ0v) is 42.8. The fourth-order valence-corrected chi connectivity index (χ4v) is 8.87. The maximum Gasteiger partial charge on any atom is 0.220 e. The Labute approximate surface area is 416 Å². The zero-order valence-electron chi connectivity index (χ0n) is 42.8. The van der Waals surface area contributed by atoms with Gasteiger partial charge in [-0.05, 0) is 51.4 Å². The van der Waals surface area contributed by atoms with E-state index in [1.807, 2.05) is 0 Å². The van der Waals surface area contributed by atoms with Gasteiger partial charge in [0.25, 0.3) is 0 Å². The quantitative estimate of drug-likeness (QED) is 0.0209. The molecule has 9 N–H and O–H groups in total. The van der Waals surface area contributed by atoms with E-state index in [4.69, 9.17) is 18.9 Å². The number of hydrogen-bond acceptors (Lipinski definition) is 13. The number of unbranched alkanes of at least 4 members (excludes halogenated alkanes) is 21. The van der Waals surface area contributed by atoms with Crippen molar-refractivity contribution in [1.82, 2.24) is 5.32 Å². The fourth-order valence-electron chi connectivity index (χ4n) is 8.87. The van der Waals surface area contributed by atoms with Crippen LogP contribution in [0.5, 0.6) is 0 Å². The van der Waals surface area contributed by atoms with E-state index in [2.05, 4.69) is 67.8 Å². The number of allylic oxidation sites excluding steroid dienone is 8. The Morgan fingerprint density at radius 2 is 1.00 bits per heavy atom. The van der Waals surface area contributed by atoms with Crippen molar-refractivity contribution in [2.45, 2.75) is 274 Å². The highest BCUT2D eigenvalue weighted by atomic mass is 16.7. The first kappa shape index (κ1) is 63.1. The molecule has 0 aromatic rings. The minimum atomic E-state index is -1.78. The molecule has 0 aromatic heterocycles. The predicted octanol–water partition coefficient (Wildman–Crippen LogP) is 8.05. The average Bonchev–Trinajstić information content (AvgIpc) is 3.35. The van der Waals surface area contributed by atoms with Crippen LogP contribution in [0.25, 0.3) is 0 Å². The second kappa shape index (κ2) is 41.4. The summed E-state index contributed by atoms with van der Waals surface area (Å²) in [4.78, 5) is 13.1. The molecule has 69 heavy (non-hydrogen) atoms. The van der Waals surface area contributed by atoms with Crippen LogP contribution < -0.4 is 5.32 Å². The number of amides is 1. The van der Waals surface area contributed by atoms with Gasteiger partial charge in [0.15, 0.2) is 12.6 Å². The summed E-state index contributed by atoms with van der Waals surface area (Å²) in [7, 11) is 0. The Morgan fingerprint density at radius 1 is 0.536 bits per heavy atom. The first-order chi connectivity index (χ1) is 33.6. The second-order valence-electron chi connectivity index (χ2n) is 19.3. The summed E-state index contributed by atoms with van der Waals surface area (Å²) in [5.74, 6) is -0.213. The van der Waals surface area contributed by atoms with Crippen LogP contribution in [0.2, 0.25) is 0 Å². The minimum Gasteiger partial charge on any atom is -0.394 e. The number of carbonyl (C=O) groups excluding carboxylic acids is 1. The van der Waals surface area contributed by atoms with Crippen LogP contribution >= 0.6 is 0 Å². The van der Waals surface area contributed by atoms with Crippen molar-refractivity contribution in [1.29, 1.82) is 0 Å². The van der Waals surface area contributed by atoms with Crippen LogP contribution in [-0.4, -0.2) is 140 Å². The van der Waals surface area contributed by atoms with Crippen LogP contribution in [0, 0.1) is 0 Å². The molecule has 0 spiro atoms. The highest BCUT2D eigenvalue weighted by molar-refractivity contribution is 5.76. The smallest absolute Gasteiger partial charge is 0.220 e. The molecule has 0 bridgehead atoms. The number of hydrogen-bond donors (Lipinski definition) is 9. The van der Waals surface area contributed by atoms with E-state index in [0.29, 0.717) is 12.8 Å². The molecule has 2 aliphatic rings. The predicted molar refractivity (Wildman–Crippen MR) is 272 cm³/mol. The summed E-state index contributed by atoms with van der Waals surface area (Å²) in [6.45, 7) is 2.66. The lowest BCUT2D eigenvalue weighted by Crippen LogP contribution is -2.65. The standard InChI is InChI=1S/C55H99NO13/c1-3-5-7-9-11-12-13-14-15-16-17-18-19-20-21-22-23-24-25-26-27-28-29-30-31-32-33-35-37-39-47(60)56-43(44(59)38-36-34-10-8-6-4-2)42-66-54-52(65)50(63)53(46(41-58)68-54)69-55-51(64)49(62)48(61)45(40-57)67-55/h5,7,11-12,14-15,17-18,43-46,48-55,57-59,61-65H,3-4,6,8-10,13,16,19-42H2,1-2H3,(H,56,60)/b7-5-,12-11-,15-14-,18-17-. The van der Waals surface area contributed by atoms with Gasteiger partial charge in [-0.1, -0.05) is 191 Å². The van der Waals surface area contributed by atoms with Crippen LogP contribution in [0.3, 0.4) is 0 Å². The Bertz CT molecular complexity index is 1340. The lowest BCUT2D eigenvalue weighted by atomic mass is 9.97. The maximum absolute atomic E-state index is 13.1. The van der Waals surface area contributed by atoms with Gasteiger partial charge < -0.3 is 65.1 Å². The van der Waals surface area contributed by atoms with Crippen LogP contribution in [-0.2, 0) is 23.7 Å². The molecule has 2 aliphatic heterocycles. The summed E-state index contributed by atoms with van der Waals surface area (Å²) in [5.41, 5.74) is 0. The van der Waals surface area contributed by atoms with E-state index < -0.39 is 86.8 Å². The van der Waals surface area contributed by atoms with E-state index in [9.17, 15) is 45.6 Å². The molecule has 12 unspecified atom stereocenters. The molecule has 2 saturated heterocycles. The van der Waals surface area contributed by atoms with Gasteiger partial charge in [-0.3, -0.25) is 4.79 Å². The van der Waals surface area contributed by atoms with Gasteiger partial charge >= 0.3 is 0 Å². The molecule has 2 heterocycles. The van der Waals surface area contributed by atoms with E-state index in [-0.39, 0.29) is 12.5 Å². The molecule has 0 aromatic carbocycles. The number of rotatable bonds is 42. The lowest BCUT2D eigenvalue weighted by molar-refractivity contribution is -0.359. The third kappa shape index (κ3) is 28.1. The highest BCUT2D eigenvalue weighted by Crippen LogP contribution is 2.30. The monoisotopic (exact) mass is 982 g/mol. The van der Waals surface area contributed by atoms with Gasteiger partial charge in [-0.25, -0.2) is 0 Å². The summed E-state index contributed by atoms with van der Waals surface area (Å²) in [6.07, 6.45) is 33.2. The minimum absolute atomic E-state index is 0.213. The summed E-state index contributed by atoms with van der Waals surface area (Å²) >= 11 is 0. The van der Waals surface area contributed by atoms with E-state index in [1.54, 1.807) is 0 Å². The zero-order chi connectivity index (χ0) is 50.3. The summed E-state index contributed by atoms with van der Waals surface area (Å²) < 4.78 is 22.7. The van der Waals surface area contributed by atoms with Crippen molar-refractivity contribution < 1.29 is 64.6 Å². The molecule has 1 amide bonds. The molecule has 0 radical (unpaired) electrons. The number of carbonyl (C=O) groups is 1. The van der Waals surface area contributed by atoms with Crippen molar-refractivity contribution in [2.24, 2.45) is 0 Å². The van der Waals surface area contributed by atoms with Gasteiger partial charge in [0.2, 0.25) is 5.91 Å². The molecule has 402 valence electrons. The van der Waals surface area contributed by atoms with Gasteiger partial charge in [0, 0.05) is 6.42 Å². The highest BCUT2D eigenvalue weighted by Gasteiger charge is 2.51. The summed E-state index contributed by atoms with van der Waals surface area (Å²) in [6, 6.07) is -0.825. The average molecular weight is 982 g/mol. The number of ether oxygens (including phenoxy) is 4. The first-order valence-electron chi connectivity index (χ1n) is 27.4. The maximum atomic E-state index is 13.1. The van der Waals surface area contributed by atoms with Gasteiger partial charge in [0.05, 0.1) is 32.0 Å². The van der Waals surface area contributed by atoms with Crippen molar-refractivity contribution in [2.75, 3.05) is 19.8 Å². The van der Waals surface area contributed by atoms with E-state index in [1.165, 1.54) is 83.5 Å². The Balaban J connectivity index is 1.61. The third-order valence-corrected chi connectivity index (χ3v) is 13.3. The Morgan fingerprint density at radius 3 is 1.54 bits per heavy atom. The number of nitrogens with one attached hydrogen (secondary N) is 1. The number of aliphatic hydroxyl groups excluding tert-OH is 8. The van der Waals surface area contributed by atoms with E-state index >= 15 is 0 Å². The molecular formula is C55H99NO13. The summed E-state index contributed by atoms with van der Waals surface area (Å²) in [5, 5.41) is 86.6. The molecule has 14 nitrogen and oxygen atoms in total. The molecule has 0 saturated carbocycles. The van der Waals surface area contributed by atoms with Crippen molar-refractivity contribution >= 4 is 5.91 Å². The largest absolute Gasteiger partial charge is 0.394 e. The topological polar surface area (TPSA) is 228 Å². The van der Waals surface area contributed by atoms with Crippen LogP contribution in [0.1, 0.15) is 200 Å². The lowest BCUT2D eigenvalue weighted by Gasteiger charge is -2.46. The Kier molecular flexibility index (Phi) is 37.9. The molecule has 0 aliphatic carbocycles. The van der Waals surface area contributed by atoms with Gasteiger partial charge in [-0.15, -0.1) is 0 Å². The van der Waals surface area contributed by atoms with Crippen LogP contribution in [0.15, 0.2) is 48.6 Å². The molecule has 14 heteroatoms. The van der Waals surface area contributed by atoms with Crippen molar-refractivity contribution in [3.63, 3.8) is 0 Å². The van der Waals surface area contributed by atoms with Crippen molar-refractivity contribution in [3.8, 4) is 0 Å². The Hall–Kier alpha value is -2.05. The van der Waals surface area contributed by atoms with Gasteiger partial charge in [0.1, 0.15) is 48.8 Å². The van der Waals surface area contributed by atoms with E-state index in [0.717, 1.165) is 89.9 Å². The fraction of sp³-hybridized carbons (Fsp3) is 0.836. The molecule has 2 fully saturated rings. The van der Waals surface area contributed by atoms with Gasteiger partial charge in [-0.2, -0.15) is 0 Å². The normalized spacial score (nSPS) is 26.5. The van der Waals surface area contributed by atoms with Crippen molar-refractivity contribution in [3.05, 3.63) is 48.6 Å². The second-order valence-corrected chi connectivity index (χ2v) is 19.3.